The van der Waals surface area contributed by atoms with Crippen LogP contribution in [0.15, 0.2) is 68.5 Å². The van der Waals surface area contributed by atoms with Crippen LogP contribution in [0.4, 0.5) is 0 Å². The predicted octanol–water partition coefficient (Wildman–Crippen LogP) is 14.9. The molecular formula is C74H94N4O12. The standard InChI is InChI=1S/C74H94N4O12/c1-11-51-65-66-52(12-2)74(66,10)56-38-50-34-46(70(56)86)42-78-60-26-22-21-25-59(60)77-41-45-33-49(37-55(69(45)85)73(51,65)9)89-63(81)29-17-13-15-27-61(79)87-47-31-43(67(83)53(35-47)71(3,4)5)39-75-57-23-19-20-24-58(57)76-40-44-32-48(36-54(68(44)84)72(6,7)8)88-62(80)28-16-14-18-30-64(82)90-50/h31-42,51-52,57-60,65-66,83-86H,11-30H2,1-10H3/t51?,52?,57-,58-,59-,60-,65?,66?,73?,74?/m0/s1. The van der Waals surface area contributed by atoms with Crippen molar-refractivity contribution in [3.8, 4) is 46.0 Å². The molecule has 4 aromatic rings. The highest BCUT2D eigenvalue weighted by Gasteiger charge is 2.76. The molecule has 4 fully saturated rings. The topological polar surface area (TPSA) is 236 Å². The first-order chi connectivity index (χ1) is 42.8. The summed E-state index contributed by atoms with van der Waals surface area (Å²) >= 11 is 0. The van der Waals surface area contributed by atoms with Gasteiger partial charge in [-0.25, -0.2) is 0 Å². The van der Waals surface area contributed by atoms with Crippen LogP contribution in [0.1, 0.15) is 242 Å². The summed E-state index contributed by atoms with van der Waals surface area (Å²) in [6.45, 7) is 20.5. The van der Waals surface area contributed by atoms with E-state index in [-0.39, 0.29) is 108 Å². The van der Waals surface area contributed by atoms with Crippen LogP contribution < -0.4 is 18.9 Å². The molecule has 2 heterocycles. The lowest BCUT2D eigenvalue weighted by Crippen LogP contribution is -2.27. The van der Waals surface area contributed by atoms with Gasteiger partial charge in [0, 0.05) is 106 Å². The summed E-state index contributed by atoms with van der Waals surface area (Å²) in [7, 11) is 0. The van der Waals surface area contributed by atoms with E-state index in [0.717, 1.165) is 64.2 Å². The maximum Gasteiger partial charge on any atom is 0.311 e. The quantitative estimate of drug-likeness (QED) is 0.108. The molecule has 0 radical (unpaired) electrons. The molecule has 0 aromatic heterocycles. The van der Waals surface area contributed by atoms with Crippen LogP contribution in [-0.2, 0) is 40.8 Å². The minimum atomic E-state index is -0.547. The number of hydrogen-bond donors (Lipinski definition) is 4. The average molecular weight is 1230 g/mol. The molecule has 10 atom stereocenters. The number of phenols is 4. The van der Waals surface area contributed by atoms with Crippen molar-refractivity contribution in [2.24, 2.45) is 43.6 Å². The number of carbonyl (C=O) groups is 4. The molecule has 0 amide bonds. The number of carbonyl (C=O) groups excluding carboxylic acids is 4. The highest BCUT2D eigenvalue weighted by Crippen LogP contribution is 2.79. The summed E-state index contributed by atoms with van der Waals surface area (Å²) in [5.41, 5.74) is 2.14. The van der Waals surface area contributed by atoms with Gasteiger partial charge in [-0.1, -0.05) is 121 Å². The lowest BCUT2D eigenvalue weighted by atomic mass is 9.85. The molecule has 4 N–H and O–H groups in total. The fourth-order valence-corrected chi connectivity index (χ4v) is 15.5. The number of esters is 4. The first kappa shape index (κ1) is 65.6. The Labute approximate surface area is 531 Å². The smallest absolute Gasteiger partial charge is 0.311 e. The molecular weight excluding hydrogens is 1140 g/mol. The zero-order valence-electron chi connectivity index (χ0n) is 54.5. The highest BCUT2D eigenvalue weighted by molar-refractivity contribution is 5.89. The molecule has 16 heteroatoms. The Balaban J connectivity index is 0.966. The molecule has 10 rings (SSSR count). The second kappa shape index (κ2) is 26.8. The van der Waals surface area contributed by atoms with Crippen LogP contribution in [0.25, 0.3) is 0 Å². The van der Waals surface area contributed by atoms with E-state index in [9.17, 15) is 39.6 Å². The first-order valence-electron chi connectivity index (χ1n) is 33.3. The summed E-state index contributed by atoms with van der Waals surface area (Å²) in [5, 5.41) is 48.2. The largest absolute Gasteiger partial charge is 0.507 e. The predicted molar refractivity (Wildman–Crippen MR) is 350 cm³/mol. The van der Waals surface area contributed by atoms with Gasteiger partial charge < -0.3 is 39.4 Å². The Morgan fingerprint density at radius 2 is 0.667 bits per heavy atom. The number of rotatable bonds is 2. The van der Waals surface area contributed by atoms with Crippen molar-refractivity contribution in [1.29, 1.82) is 0 Å². The Kier molecular flexibility index (Phi) is 19.6. The van der Waals surface area contributed by atoms with Gasteiger partial charge in [0.15, 0.2) is 0 Å². The molecule has 0 saturated heterocycles. The number of aromatic hydroxyl groups is 4. The molecule has 6 unspecified atom stereocenters. The second-order valence-corrected chi connectivity index (χ2v) is 28.7. The molecule has 4 saturated carbocycles. The number of aliphatic imine (C=N–C) groups is 4. The van der Waals surface area contributed by atoms with Crippen LogP contribution in [0.2, 0.25) is 0 Å². The first-order valence-corrected chi connectivity index (χ1v) is 33.3. The van der Waals surface area contributed by atoms with Crippen LogP contribution in [0.5, 0.6) is 46.0 Å². The molecule has 482 valence electrons. The minimum Gasteiger partial charge on any atom is -0.507 e. The Hall–Kier alpha value is -7.36. The van der Waals surface area contributed by atoms with E-state index in [0.29, 0.717) is 94.5 Å². The SMILES string of the molecule is CCC1C2C3C(CC)C3(C)c3cc4cc(c3O)C=N[C@H]3CCCC[C@@H]3N=Cc3cc(cc(c3O)C12C)OC(=O)CCCCCC(=O)Oc1cc(c(O)c(C(C)(C)C)c1)C=N[C@H]1CCCC[C@@H]1N=Cc1cc(cc(C(C)(C)C)c1O)OC(=O)CCCCCC(=O)O4. The number of fused-ring (bicyclic) bond motifs is 10. The summed E-state index contributed by atoms with van der Waals surface area (Å²) in [5.74, 6) is 0.0733. The number of phenolic OH excluding ortho intramolecular Hbond substituents is 4. The normalized spacial score (nSPS) is 28.2. The molecule has 4 aliphatic carbocycles. The fourth-order valence-electron chi connectivity index (χ4n) is 15.5. The lowest BCUT2D eigenvalue weighted by Gasteiger charge is -2.26. The minimum absolute atomic E-state index is 0.0366. The van der Waals surface area contributed by atoms with Crippen molar-refractivity contribution in [3.05, 3.63) is 93.0 Å². The van der Waals surface area contributed by atoms with Crippen LogP contribution in [0.3, 0.4) is 0 Å². The lowest BCUT2D eigenvalue weighted by molar-refractivity contribution is -0.136. The van der Waals surface area contributed by atoms with Crippen molar-refractivity contribution in [1.82, 2.24) is 0 Å². The summed E-state index contributed by atoms with van der Waals surface area (Å²) < 4.78 is 24.2. The molecule has 6 aliphatic rings. The monoisotopic (exact) mass is 1230 g/mol. The van der Waals surface area contributed by atoms with Gasteiger partial charge in [-0.15, -0.1) is 0 Å². The number of hydrogen-bond acceptors (Lipinski definition) is 16. The number of nitrogens with zero attached hydrogens (tertiary/aromatic N) is 4. The van der Waals surface area contributed by atoms with Gasteiger partial charge in [-0.3, -0.25) is 39.1 Å². The van der Waals surface area contributed by atoms with Crippen molar-refractivity contribution in [2.45, 2.75) is 243 Å². The van der Waals surface area contributed by atoms with E-state index >= 15 is 0 Å². The molecule has 16 nitrogen and oxygen atoms in total. The van der Waals surface area contributed by atoms with Gasteiger partial charge >= 0.3 is 23.9 Å². The zero-order valence-corrected chi connectivity index (χ0v) is 54.5. The summed E-state index contributed by atoms with van der Waals surface area (Å²) in [6.07, 6.45) is 18.3. The zero-order chi connectivity index (χ0) is 64.5. The van der Waals surface area contributed by atoms with Gasteiger partial charge in [0.1, 0.15) is 46.0 Å². The third-order valence-corrected chi connectivity index (χ3v) is 20.5. The third kappa shape index (κ3) is 14.1. The van der Waals surface area contributed by atoms with Gasteiger partial charge in [0.25, 0.3) is 0 Å². The van der Waals surface area contributed by atoms with E-state index in [1.165, 1.54) is 0 Å². The maximum atomic E-state index is 13.8. The number of benzene rings is 4. The van der Waals surface area contributed by atoms with E-state index < -0.39 is 45.5 Å². The maximum absolute atomic E-state index is 13.8. The van der Waals surface area contributed by atoms with Crippen molar-refractivity contribution in [2.75, 3.05) is 0 Å². The van der Waals surface area contributed by atoms with Crippen LogP contribution in [0, 0.1) is 23.7 Å². The van der Waals surface area contributed by atoms with E-state index in [4.69, 9.17) is 38.9 Å². The Bertz CT molecular complexity index is 3270. The molecule has 0 spiro atoms. The van der Waals surface area contributed by atoms with Gasteiger partial charge in [-0.2, -0.15) is 0 Å². The summed E-state index contributed by atoms with van der Waals surface area (Å²) in [4.78, 5) is 74.8. The Morgan fingerprint density at radius 1 is 0.400 bits per heavy atom. The fraction of sp³-hybridized carbons (Fsp3) is 0.568. The van der Waals surface area contributed by atoms with E-state index in [1.807, 2.05) is 53.7 Å². The van der Waals surface area contributed by atoms with Crippen molar-refractivity contribution in [3.63, 3.8) is 0 Å². The van der Waals surface area contributed by atoms with E-state index in [2.05, 4.69) is 27.7 Å². The van der Waals surface area contributed by atoms with Crippen molar-refractivity contribution < 1.29 is 58.6 Å². The Morgan fingerprint density at radius 3 is 0.933 bits per heavy atom. The second-order valence-electron chi connectivity index (χ2n) is 28.7. The average Bonchev–Trinajstić information content (AvgIpc) is 1.48. The van der Waals surface area contributed by atoms with Crippen LogP contribution >= 0.6 is 0 Å². The molecule has 90 heavy (non-hydrogen) atoms. The van der Waals surface area contributed by atoms with Gasteiger partial charge in [0.05, 0.1) is 24.2 Å². The van der Waals surface area contributed by atoms with Crippen LogP contribution in [-0.4, -0.2) is 93.3 Å². The summed E-state index contributed by atoms with van der Waals surface area (Å²) in [6, 6.07) is 12.7. The highest BCUT2D eigenvalue weighted by atomic mass is 16.5. The van der Waals surface area contributed by atoms with E-state index in [1.54, 1.807) is 61.3 Å². The molecule has 4 aromatic carbocycles. The van der Waals surface area contributed by atoms with Crippen molar-refractivity contribution >= 4 is 48.7 Å². The van der Waals surface area contributed by atoms with Gasteiger partial charge in [-0.05, 0) is 134 Å². The van der Waals surface area contributed by atoms with Gasteiger partial charge in [0.2, 0.25) is 0 Å². The third-order valence-electron chi connectivity index (χ3n) is 20.5. The molecule has 10 bridgehead atoms. The molecule has 2 aliphatic heterocycles. The number of ether oxygens (including phenoxy) is 4.